The van der Waals surface area contributed by atoms with Crippen LogP contribution >= 0.6 is 7.82 Å². The number of rotatable bonds is 7. The first-order valence-electron chi connectivity index (χ1n) is 6.12. The van der Waals surface area contributed by atoms with Crippen LogP contribution in [0.4, 0.5) is 0 Å². The van der Waals surface area contributed by atoms with Crippen LogP contribution in [0, 0.1) is 0 Å². The maximum absolute atomic E-state index is 8.88. The van der Waals surface area contributed by atoms with Crippen LogP contribution in [0.5, 0.6) is 0 Å². The molecule has 9 nitrogen and oxygen atoms in total. The molecule has 1 saturated carbocycles. The summed E-state index contributed by atoms with van der Waals surface area (Å²) in [7, 11) is -4.64. The minimum absolute atomic E-state index is 0.0942. The van der Waals surface area contributed by atoms with Gasteiger partial charge in [0.15, 0.2) is 0 Å². The monoisotopic (exact) mass is 316 g/mol. The number of phosphoric acid groups is 1. The van der Waals surface area contributed by atoms with Crippen molar-refractivity contribution in [2.45, 2.75) is 51.6 Å². The van der Waals surface area contributed by atoms with Crippen molar-refractivity contribution < 1.29 is 44.1 Å². The lowest BCUT2D eigenvalue weighted by Gasteiger charge is -2.18. The summed E-state index contributed by atoms with van der Waals surface area (Å²) >= 11 is 0. The fourth-order valence-corrected chi connectivity index (χ4v) is 1.37. The minimum atomic E-state index is -4.64. The maximum Gasteiger partial charge on any atom is 0.466 e. The summed E-state index contributed by atoms with van der Waals surface area (Å²) in [4.78, 5) is 31.1. The minimum Gasteiger partial charge on any atom is -0.311 e. The molecule has 0 bridgehead atoms. The molecule has 0 aromatic rings. The van der Waals surface area contributed by atoms with Gasteiger partial charge in [0.2, 0.25) is 0 Å². The highest BCUT2D eigenvalue weighted by atomic mass is 31.2. The maximum atomic E-state index is 8.88. The molecule has 1 aliphatic rings. The summed E-state index contributed by atoms with van der Waals surface area (Å²) < 4.78 is 8.88. The predicted octanol–water partition coefficient (Wildman–Crippen LogP) is 2.06. The quantitative estimate of drug-likeness (QED) is 0.213. The average molecular weight is 316 g/mol. The van der Waals surface area contributed by atoms with Crippen molar-refractivity contribution in [2.75, 3.05) is 0 Å². The van der Waals surface area contributed by atoms with E-state index < -0.39 is 7.82 Å². The highest BCUT2D eigenvalue weighted by Gasteiger charge is 2.15. The standard InChI is InChI=1S/C10H18O5.H3O4P/c1-3-9(2)11-13-15-14-12-10-7-5-4-6-8-10;1-5(2,3)4/h10H,2-8H2,1H3;(H3,1,2,3,4). The van der Waals surface area contributed by atoms with Gasteiger partial charge in [0.05, 0.1) is 6.10 Å². The van der Waals surface area contributed by atoms with Crippen molar-refractivity contribution >= 4 is 7.82 Å². The van der Waals surface area contributed by atoms with E-state index in [0.717, 1.165) is 25.7 Å². The zero-order valence-electron chi connectivity index (χ0n) is 11.3. The molecule has 0 atom stereocenters. The summed E-state index contributed by atoms with van der Waals surface area (Å²) in [6.07, 6.45) is 6.31. The number of allylic oxidation sites excluding steroid dienone is 1. The van der Waals surface area contributed by atoms with Crippen molar-refractivity contribution in [1.29, 1.82) is 0 Å². The van der Waals surface area contributed by atoms with Crippen LogP contribution in [0.1, 0.15) is 45.4 Å². The van der Waals surface area contributed by atoms with Gasteiger partial charge in [-0.05, 0) is 17.9 Å². The third-order valence-electron chi connectivity index (χ3n) is 2.33. The van der Waals surface area contributed by atoms with Gasteiger partial charge in [-0.1, -0.05) is 32.8 Å². The summed E-state index contributed by atoms with van der Waals surface area (Å²) in [5, 5.41) is 12.8. The Morgan fingerprint density at radius 2 is 1.70 bits per heavy atom. The van der Waals surface area contributed by atoms with Crippen molar-refractivity contribution in [2.24, 2.45) is 0 Å². The van der Waals surface area contributed by atoms with E-state index in [-0.39, 0.29) is 6.10 Å². The van der Waals surface area contributed by atoms with Crippen molar-refractivity contribution in [1.82, 2.24) is 0 Å². The summed E-state index contributed by atoms with van der Waals surface area (Å²) in [5.41, 5.74) is 0. The Morgan fingerprint density at radius 1 is 1.15 bits per heavy atom. The van der Waals surface area contributed by atoms with E-state index in [0.29, 0.717) is 12.2 Å². The molecule has 0 aliphatic heterocycles. The summed E-state index contributed by atoms with van der Waals surface area (Å²) in [6, 6.07) is 0. The third-order valence-corrected chi connectivity index (χ3v) is 2.33. The van der Waals surface area contributed by atoms with Gasteiger partial charge in [0.25, 0.3) is 0 Å². The molecule has 1 fully saturated rings. The molecule has 1 aliphatic carbocycles. The van der Waals surface area contributed by atoms with Crippen LogP contribution in [-0.2, 0) is 29.5 Å². The predicted molar refractivity (Wildman–Crippen MR) is 66.0 cm³/mol. The van der Waals surface area contributed by atoms with Crippen LogP contribution in [-0.4, -0.2) is 20.8 Å². The lowest BCUT2D eigenvalue weighted by Crippen LogP contribution is -2.17. The van der Waals surface area contributed by atoms with Gasteiger partial charge in [-0.25, -0.2) is 9.45 Å². The number of hydrogen-bond acceptors (Lipinski definition) is 6. The Hall–Kier alpha value is -0.510. The smallest absolute Gasteiger partial charge is 0.311 e. The first-order valence-corrected chi connectivity index (χ1v) is 7.68. The Balaban J connectivity index is 0.000000621. The highest BCUT2D eigenvalue weighted by Crippen LogP contribution is 2.25. The first-order chi connectivity index (χ1) is 9.33. The summed E-state index contributed by atoms with van der Waals surface area (Å²) in [5.74, 6) is 0.455. The second kappa shape index (κ2) is 11.2. The van der Waals surface area contributed by atoms with Gasteiger partial charge < -0.3 is 19.6 Å². The van der Waals surface area contributed by atoms with E-state index in [1.54, 1.807) is 0 Å². The molecule has 0 aromatic heterocycles. The molecular formula is C10H21O9P. The first kappa shape index (κ1) is 19.5. The molecular weight excluding hydrogens is 295 g/mol. The molecule has 10 heteroatoms. The normalized spacial score (nSPS) is 16.2. The second-order valence-electron chi connectivity index (χ2n) is 4.05. The van der Waals surface area contributed by atoms with Crippen LogP contribution in [0.25, 0.3) is 0 Å². The number of hydrogen-bond donors (Lipinski definition) is 3. The van der Waals surface area contributed by atoms with E-state index in [4.69, 9.17) is 24.1 Å². The zero-order valence-corrected chi connectivity index (χ0v) is 12.2. The van der Waals surface area contributed by atoms with E-state index >= 15 is 0 Å². The molecule has 120 valence electrons. The Kier molecular flexibility index (Phi) is 10.9. The fourth-order valence-electron chi connectivity index (χ4n) is 1.37. The molecule has 0 spiro atoms. The fraction of sp³-hybridized carbons (Fsp3) is 0.800. The van der Waals surface area contributed by atoms with Crippen molar-refractivity contribution in [3.05, 3.63) is 12.3 Å². The van der Waals surface area contributed by atoms with Crippen LogP contribution < -0.4 is 0 Å². The van der Waals surface area contributed by atoms with Gasteiger partial charge in [-0.15, -0.1) is 0 Å². The topological polar surface area (TPSA) is 124 Å². The van der Waals surface area contributed by atoms with E-state index in [2.05, 4.69) is 26.6 Å². The molecule has 1 rings (SSSR count). The largest absolute Gasteiger partial charge is 0.466 e. The Labute approximate surface area is 117 Å². The Bertz CT molecular complexity index is 289. The van der Waals surface area contributed by atoms with Crippen LogP contribution in [0.3, 0.4) is 0 Å². The van der Waals surface area contributed by atoms with E-state index in [1.807, 2.05) is 6.92 Å². The van der Waals surface area contributed by atoms with Crippen molar-refractivity contribution in [3.63, 3.8) is 0 Å². The molecule has 0 amide bonds. The van der Waals surface area contributed by atoms with Crippen molar-refractivity contribution in [3.8, 4) is 0 Å². The average Bonchev–Trinajstić information content (AvgIpc) is 2.37. The third kappa shape index (κ3) is 15.5. The van der Waals surface area contributed by atoms with Crippen LogP contribution in [0.2, 0.25) is 0 Å². The Morgan fingerprint density at radius 3 is 2.20 bits per heavy atom. The highest BCUT2D eigenvalue weighted by molar-refractivity contribution is 7.45. The zero-order chi connectivity index (χ0) is 15.4. The van der Waals surface area contributed by atoms with Gasteiger partial charge in [0, 0.05) is 16.5 Å². The molecule has 0 unspecified atom stereocenters. The van der Waals surface area contributed by atoms with Gasteiger partial charge >= 0.3 is 7.82 Å². The molecule has 3 N–H and O–H groups in total. The van der Waals surface area contributed by atoms with Gasteiger partial charge in [-0.2, -0.15) is 0 Å². The van der Waals surface area contributed by atoms with Crippen LogP contribution in [0.15, 0.2) is 12.3 Å². The lowest BCUT2D eigenvalue weighted by atomic mass is 9.98. The lowest BCUT2D eigenvalue weighted by molar-refractivity contribution is -0.708. The molecule has 0 heterocycles. The van der Waals surface area contributed by atoms with E-state index in [1.165, 1.54) is 6.42 Å². The van der Waals surface area contributed by atoms with Gasteiger partial charge in [-0.3, -0.25) is 0 Å². The van der Waals surface area contributed by atoms with Gasteiger partial charge in [0.1, 0.15) is 5.76 Å². The summed E-state index contributed by atoms with van der Waals surface area (Å²) in [6.45, 7) is 5.42. The molecule has 20 heavy (non-hydrogen) atoms. The molecule has 0 radical (unpaired) electrons. The second-order valence-corrected chi connectivity index (χ2v) is 5.08. The molecule has 0 aromatic carbocycles. The molecule has 0 saturated heterocycles. The SMILES string of the molecule is C=C(CC)OOOOOC1CCCCC1.O=P(O)(O)O. The van der Waals surface area contributed by atoms with E-state index in [9.17, 15) is 0 Å².